The number of nitrogens with zero attached hydrogens (tertiary/aromatic N) is 1. The van der Waals surface area contributed by atoms with E-state index in [1.165, 1.54) is 5.56 Å². The highest BCUT2D eigenvalue weighted by molar-refractivity contribution is 6.33. The van der Waals surface area contributed by atoms with E-state index in [0.29, 0.717) is 29.4 Å². The Balaban J connectivity index is 2.10. The number of amides is 1. The van der Waals surface area contributed by atoms with Crippen molar-refractivity contribution in [3.63, 3.8) is 0 Å². The van der Waals surface area contributed by atoms with Gasteiger partial charge in [0.2, 0.25) is 0 Å². The normalized spacial score (nSPS) is 10.4. The van der Waals surface area contributed by atoms with Gasteiger partial charge >= 0.3 is 0 Å². The second-order valence-electron chi connectivity index (χ2n) is 4.82. The van der Waals surface area contributed by atoms with Crippen molar-refractivity contribution in [3.8, 4) is 0 Å². The summed E-state index contributed by atoms with van der Waals surface area (Å²) in [6, 6.07) is 15.3. The van der Waals surface area contributed by atoms with Crippen LogP contribution in [-0.4, -0.2) is 23.9 Å². The molecule has 2 N–H and O–H groups in total. The Kier molecular flexibility index (Phi) is 5.23. The molecule has 0 radical (unpaired) electrons. The number of benzene rings is 2. The molecule has 0 aromatic heterocycles. The Morgan fingerprint density at radius 1 is 1.14 bits per heavy atom. The van der Waals surface area contributed by atoms with Crippen LogP contribution in [0, 0.1) is 0 Å². The molecule has 0 saturated heterocycles. The van der Waals surface area contributed by atoms with Crippen LogP contribution in [-0.2, 0) is 6.42 Å². The van der Waals surface area contributed by atoms with Crippen LogP contribution >= 0.6 is 11.6 Å². The van der Waals surface area contributed by atoms with Crippen molar-refractivity contribution in [3.05, 3.63) is 64.7 Å². The average Bonchev–Trinajstić information content (AvgIpc) is 2.51. The van der Waals surface area contributed by atoms with Crippen LogP contribution in [0.2, 0.25) is 5.02 Å². The van der Waals surface area contributed by atoms with Crippen LogP contribution in [0.15, 0.2) is 48.5 Å². The monoisotopic (exact) mass is 302 g/mol. The molecule has 3 nitrogen and oxygen atoms in total. The Morgan fingerprint density at radius 2 is 1.86 bits per heavy atom. The molecule has 1 amide bonds. The maximum absolute atomic E-state index is 12.6. The van der Waals surface area contributed by atoms with Crippen LogP contribution in [0.4, 0.5) is 5.69 Å². The largest absolute Gasteiger partial charge is 0.397 e. The summed E-state index contributed by atoms with van der Waals surface area (Å²) in [6.07, 6.45) is 0.820. The molecule has 2 rings (SSSR count). The van der Waals surface area contributed by atoms with Gasteiger partial charge in [-0.3, -0.25) is 4.79 Å². The number of hydrogen-bond acceptors (Lipinski definition) is 2. The molecule has 0 aliphatic heterocycles. The van der Waals surface area contributed by atoms with E-state index in [1.807, 2.05) is 25.1 Å². The maximum Gasteiger partial charge on any atom is 0.255 e. The Hall–Kier alpha value is -2.00. The van der Waals surface area contributed by atoms with Gasteiger partial charge in [-0.05, 0) is 31.0 Å². The number of halogens is 1. The van der Waals surface area contributed by atoms with E-state index in [4.69, 9.17) is 17.3 Å². The molecule has 2 aromatic rings. The molecule has 21 heavy (non-hydrogen) atoms. The molecule has 0 heterocycles. The third kappa shape index (κ3) is 3.76. The zero-order valence-electron chi connectivity index (χ0n) is 12.1. The lowest BCUT2D eigenvalue weighted by Gasteiger charge is -2.22. The molecule has 0 saturated carbocycles. The minimum absolute atomic E-state index is 0.0755. The van der Waals surface area contributed by atoms with E-state index < -0.39 is 0 Å². The van der Waals surface area contributed by atoms with Gasteiger partial charge in [-0.2, -0.15) is 0 Å². The molecule has 110 valence electrons. The molecular formula is C17H19ClN2O. The second-order valence-corrected chi connectivity index (χ2v) is 5.23. The van der Waals surface area contributed by atoms with Crippen LogP contribution in [0.25, 0.3) is 0 Å². The number of likely N-dealkylation sites (N-methyl/N-ethyl adjacent to an activating group) is 1. The van der Waals surface area contributed by atoms with Crippen molar-refractivity contribution in [2.75, 3.05) is 18.8 Å². The summed E-state index contributed by atoms with van der Waals surface area (Å²) >= 11 is 5.98. The molecule has 0 unspecified atom stereocenters. The van der Waals surface area contributed by atoms with Gasteiger partial charge in [0.1, 0.15) is 0 Å². The first-order valence-electron chi connectivity index (χ1n) is 7.00. The quantitative estimate of drug-likeness (QED) is 0.857. The lowest BCUT2D eigenvalue weighted by atomic mass is 10.1. The van der Waals surface area contributed by atoms with Crippen molar-refractivity contribution in [2.24, 2.45) is 0 Å². The summed E-state index contributed by atoms with van der Waals surface area (Å²) < 4.78 is 0. The van der Waals surface area contributed by atoms with Crippen molar-refractivity contribution < 1.29 is 4.79 Å². The number of carbonyl (C=O) groups is 1. The second kappa shape index (κ2) is 7.14. The summed E-state index contributed by atoms with van der Waals surface area (Å²) in [5.41, 5.74) is 7.93. The van der Waals surface area contributed by atoms with Crippen molar-refractivity contribution >= 4 is 23.2 Å². The molecule has 0 aliphatic rings. The predicted octanol–water partition coefficient (Wildman–Crippen LogP) is 3.63. The summed E-state index contributed by atoms with van der Waals surface area (Å²) in [7, 11) is 0. The third-order valence-electron chi connectivity index (χ3n) is 3.47. The molecule has 0 spiro atoms. The maximum atomic E-state index is 12.6. The molecule has 0 fully saturated rings. The number of nitrogens with two attached hydrogens (primary N) is 1. The van der Waals surface area contributed by atoms with Crippen molar-refractivity contribution in [1.29, 1.82) is 0 Å². The van der Waals surface area contributed by atoms with E-state index in [-0.39, 0.29) is 5.91 Å². The highest BCUT2D eigenvalue weighted by Gasteiger charge is 2.17. The molecular weight excluding hydrogens is 284 g/mol. The molecule has 0 bridgehead atoms. The fraction of sp³-hybridized carbons (Fsp3) is 0.235. The average molecular weight is 303 g/mol. The summed E-state index contributed by atoms with van der Waals surface area (Å²) in [5.74, 6) is -0.0755. The number of nitrogen functional groups attached to an aromatic ring is 1. The summed E-state index contributed by atoms with van der Waals surface area (Å²) in [5, 5.41) is 0.417. The van der Waals surface area contributed by atoms with Gasteiger partial charge in [0.05, 0.1) is 16.3 Å². The van der Waals surface area contributed by atoms with E-state index in [9.17, 15) is 4.79 Å². The van der Waals surface area contributed by atoms with Gasteiger partial charge in [0.15, 0.2) is 0 Å². The molecule has 4 heteroatoms. The van der Waals surface area contributed by atoms with Gasteiger partial charge in [-0.1, -0.05) is 48.0 Å². The molecule has 0 aliphatic carbocycles. The first kappa shape index (κ1) is 15.4. The lowest BCUT2D eigenvalue weighted by molar-refractivity contribution is 0.0767. The van der Waals surface area contributed by atoms with Crippen molar-refractivity contribution in [1.82, 2.24) is 4.90 Å². The first-order valence-corrected chi connectivity index (χ1v) is 7.38. The number of rotatable bonds is 5. The Bertz CT molecular complexity index is 613. The minimum atomic E-state index is -0.0755. The molecule has 2 aromatic carbocycles. The first-order chi connectivity index (χ1) is 10.1. The van der Waals surface area contributed by atoms with Gasteiger partial charge in [-0.25, -0.2) is 0 Å². The smallest absolute Gasteiger partial charge is 0.255 e. The van der Waals surface area contributed by atoms with E-state index >= 15 is 0 Å². The SMILES string of the molecule is CCN(CCc1ccccc1)C(=O)c1cccc(Cl)c1N. The lowest BCUT2D eigenvalue weighted by Crippen LogP contribution is -2.33. The van der Waals surface area contributed by atoms with Gasteiger partial charge in [-0.15, -0.1) is 0 Å². The highest BCUT2D eigenvalue weighted by atomic mass is 35.5. The van der Waals surface area contributed by atoms with E-state index in [2.05, 4.69) is 12.1 Å². The van der Waals surface area contributed by atoms with Crippen molar-refractivity contribution in [2.45, 2.75) is 13.3 Å². The van der Waals surface area contributed by atoms with Crippen LogP contribution < -0.4 is 5.73 Å². The Labute approximate surface area is 130 Å². The molecule has 0 atom stereocenters. The highest BCUT2D eigenvalue weighted by Crippen LogP contribution is 2.23. The predicted molar refractivity (Wildman–Crippen MR) is 87.6 cm³/mol. The number of hydrogen-bond donors (Lipinski definition) is 1. The fourth-order valence-electron chi connectivity index (χ4n) is 2.21. The van der Waals surface area contributed by atoms with Crippen LogP contribution in [0.3, 0.4) is 0 Å². The van der Waals surface area contributed by atoms with Gasteiger partial charge in [0, 0.05) is 13.1 Å². The van der Waals surface area contributed by atoms with Crippen LogP contribution in [0.1, 0.15) is 22.8 Å². The third-order valence-corrected chi connectivity index (χ3v) is 3.80. The zero-order chi connectivity index (χ0) is 15.2. The van der Waals surface area contributed by atoms with Gasteiger partial charge < -0.3 is 10.6 Å². The summed E-state index contributed by atoms with van der Waals surface area (Å²) in [6.45, 7) is 3.26. The number of carbonyl (C=O) groups excluding carboxylic acids is 1. The van der Waals surface area contributed by atoms with E-state index in [1.54, 1.807) is 23.1 Å². The van der Waals surface area contributed by atoms with E-state index in [0.717, 1.165) is 6.42 Å². The minimum Gasteiger partial charge on any atom is -0.397 e. The van der Waals surface area contributed by atoms with Crippen LogP contribution in [0.5, 0.6) is 0 Å². The summed E-state index contributed by atoms with van der Waals surface area (Å²) in [4.78, 5) is 14.3. The Morgan fingerprint density at radius 3 is 2.52 bits per heavy atom. The standard InChI is InChI=1S/C17H19ClN2O/c1-2-20(12-11-13-7-4-3-5-8-13)17(21)14-9-6-10-15(18)16(14)19/h3-10H,2,11-12,19H2,1H3. The van der Waals surface area contributed by atoms with Gasteiger partial charge in [0.25, 0.3) is 5.91 Å². The fourth-order valence-corrected chi connectivity index (χ4v) is 2.38. The zero-order valence-corrected chi connectivity index (χ0v) is 12.8. The number of anilines is 1. The number of para-hydroxylation sites is 1. The topological polar surface area (TPSA) is 46.3 Å².